The summed E-state index contributed by atoms with van der Waals surface area (Å²) in [5.41, 5.74) is 1.53. The second kappa shape index (κ2) is 6.06. The third-order valence-corrected chi connectivity index (χ3v) is 2.94. The number of ether oxygens (including phenoxy) is 2. The van der Waals surface area contributed by atoms with Crippen molar-refractivity contribution in [1.82, 2.24) is 0 Å². The topological polar surface area (TPSA) is 71.0 Å². The van der Waals surface area contributed by atoms with Crippen LogP contribution in [0.3, 0.4) is 0 Å². The molecule has 2 aromatic rings. The number of methoxy groups -OCH3 is 2. The molecule has 0 spiro atoms. The Labute approximate surface area is 117 Å². The summed E-state index contributed by atoms with van der Waals surface area (Å²) >= 11 is 0. The summed E-state index contributed by atoms with van der Waals surface area (Å²) in [4.78, 5) is 0. The van der Waals surface area contributed by atoms with Gasteiger partial charge in [0.15, 0.2) is 11.5 Å². The number of aromatic hydroxyl groups is 2. The van der Waals surface area contributed by atoms with Crippen molar-refractivity contribution < 1.29 is 19.7 Å². The third kappa shape index (κ3) is 3.06. The van der Waals surface area contributed by atoms with E-state index < -0.39 is 0 Å². The maximum atomic E-state index is 9.71. The molecule has 0 unspecified atom stereocenters. The zero-order valence-corrected chi connectivity index (χ0v) is 11.4. The SMILES string of the molecule is COc1ccc(NCc2ccc(O)cc2O)cc1OC. The molecule has 0 heterocycles. The fourth-order valence-corrected chi connectivity index (χ4v) is 1.85. The van der Waals surface area contributed by atoms with Crippen molar-refractivity contribution in [2.24, 2.45) is 0 Å². The van der Waals surface area contributed by atoms with E-state index in [1.165, 1.54) is 12.1 Å². The number of phenolic OH excluding ortho intramolecular Hbond substituents is 2. The number of rotatable bonds is 5. The zero-order valence-electron chi connectivity index (χ0n) is 11.4. The highest BCUT2D eigenvalue weighted by atomic mass is 16.5. The van der Waals surface area contributed by atoms with Crippen LogP contribution in [0.25, 0.3) is 0 Å². The second-order valence-electron chi connectivity index (χ2n) is 4.24. The van der Waals surface area contributed by atoms with Crippen molar-refractivity contribution in [1.29, 1.82) is 0 Å². The minimum absolute atomic E-state index is 0.0392. The molecular formula is C15H17NO4. The first kappa shape index (κ1) is 13.9. The Bertz CT molecular complexity index is 598. The van der Waals surface area contributed by atoms with Gasteiger partial charge in [-0.05, 0) is 24.3 Å². The average Bonchev–Trinajstić information content (AvgIpc) is 2.46. The molecule has 0 fully saturated rings. The van der Waals surface area contributed by atoms with Crippen LogP contribution in [-0.2, 0) is 6.54 Å². The largest absolute Gasteiger partial charge is 0.508 e. The Morgan fingerprint density at radius 2 is 1.70 bits per heavy atom. The van der Waals surface area contributed by atoms with Gasteiger partial charge in [-0.3, -0.25) is 0 Å². The predicted octanol–water partition coefficient (Wildman–Crippen LogP) is 2.73. The van der Waals surface area contributed by atoms with Gasteiger partial charge in [-0.2, -0.15) is 0 Å². The molecule has 106 valence electrons. The Morgan fingerprint density at radius 3 is 2.35 bits per heavy atom. The van der Waals surface area contributed by atoms with E-state index in [9.17, 15) is 10.2 Å². The lowest BCUT2D eigenvalue weighted by Crippen LogP contribution is -2.00. The van der Waals surface area contributed by atoms with Gasteiger partial charge in [0, 0.05) is 29.9 Å². The Hall–Kier alpha value is -2.56. The molecule has 0 aliphatic heterocycles. The molecule has 0 radical (unpaired) electrons. The molecule has 2 aromatic carbocycles. The molecule has 0 aliphatic rings. The molecule has 0 saturated heterocycles. The molecule has 0 aromatic heterocycles. The van der Waals surface area contributed by atoms with Crippen molar-refractivity contribution in [3.8, 4) is 23.0 Å². The Kier molecular flexibility index (Phi) is 4.20. The number of phenols is 2. The van der Waals surface area contributed by atoms with Crippen LogP contribution in [0.5, 0.6) is 23.0 Å². The summed E-state index contributed by atoms with van der Waals surface area (Å²) in [5, 5.41) is 22.1. The van der Waals surface area contributed by atoms with Gasteiger partial charge < -0.3 is 25.0 Å². The summed E-state index contributed by atoms with van der Waals surface area (Å²) in [6.07, 6.45) is 0. The Balaban J connectivity index is 2.10. The maximum Gasteiger partial charge on any atom is 0.162 e. The fourth-order valence-electron chi connectivity index (χ4n) is 1.85. The van der Waals surface area contributed by atoms with Crippen LogP contribution in [0.15, 0.2) is 36.4 Å². The van der Waals surface area contributed by atoms with Crippen LogP contribution in [0.4, 0.5) is 5.69 Å². The molecule has 5 heteroatoms. The molecule has 0 amide bonds. The van der Waals surface area contributed by atoms with E-state index in [2.05, 4.69) is 5.32 Å². The van der Waals surface area contributed by atoms with E-state index in [1.54, 1.807) is 26.4 Å². The molecule has 2 rings (SSSR count). The number of benzene rings is 2. The van der Waals surface area contributed by atoms with Crippen molar-refractivity contribution in [2.75, 3.05) is 19.5 Å². The normalized spacial score (nSPS) is 10.1. The van der Waals surface area contributed by atoms with Crippen LogP contribution < -0.4 is 14.8 Å². The number of hydrogen-bond acceptors (Lipinski definition) is 5. The lowest BCUT2D eigenvalue weighted by atomic mass is 10.2. The van der Waals surface area contributed by atoms with Crippen LogP contribution in [0.1, 0.15) is 5.56 Å². The fraction of sp³-hybridized carbons (Fsp3) is 0.200. The standard InChI is InChI=1S/C15H17NO4/c1-19-14-6-4-11(7-15(14)20-2)16-9-10-3-5-12(17)8-13(10)18/h3-8,16-18H,9H2,1-2H3. The summed E-state index contributed by atoms with van der Waals surface area (Å²) in [6, 6.07) is 9.99. The van der Waals surface area contributed by atoms with Crippen molar-refractivity contribution in [3.05, 3.63) is 42.0 Å². The second-order valence-corrected chi connectivity index (χ2v) is 4.24. The third-order valence-electron chi connectivity index (χ3n) is 2.94. The van der Waals surface area contributed by atoms with Crippen LogP contribution >= 0.6 is 0 Å². The van der Waals surface area contributed by atoms with Gasteiger partial charge in [0.25, 0.3) is 0 Å². The van der Waals surface area contributed by atoms with Crippen molar-refractivity contribution in [2.45, 2.75) is 6.54 Å². The molecule has 0 bridgehead atoms. The van der Waals surface area contributed by atoms with Crippen LogP contribution in [-0.4, -0.2) is 24.4 Å². The number of anilines is 1. The van der Waals surface area contributed by atoms with Gasteiger partial charge in [0.2, 0.25) is 0 Å². The van der Waals surface area contributed by atoms with Gasteiger partial charge in [-0.1, -0.05) is 0 Å². The predicted molar refractivity (Wildman–Crippen MR) is 76.6 cm³/mol. The highest BCUT2D eigenvalue weighted by Gasteiger charge is 2.06. The number of nitrogens with one attached hydrogen (secondary N) is 1. The van der Waals surface area contributed by atoms with E-state index in [1.807, 2.05) is 12.1 Å². The van der Waals surface area contributed by atoms with Crippen molar-refractivity contribution >= 4 is 5.69 Å². The summed E-state index contributed by atoms with van der Waals surface area (Å²) in [7, 11) is 3.16. The first-order valence-electron chi connectivity index (χ1n) is 6.11. The molecule has 0 saturated carbocycles. The minimum atomic E-state index is 0.0392. The first-order valence-corrected chi connectivity index (χ1v) is 6.11. The van der Waals surface area contributed by atoms with E-state index in [4.69, 9.17) is 9.47 Å². The number of hydrogen-bond donors (Lipinski definition) is 3. The van der Waals surface area contributed by atoms with E-state index in [-0.39, 0.29) is 11.5 Å². The van der Waals surface area contributed by atoms with Gasteiger partial charge in [0.05, 0.1) is 14.2 Å². The molecule has 0 atom stereocenters. The van der Waals surface area contributed by atoms with Crippen molar-refractivity contribution in [3.63, 3.8) is 0 Å². The zero-order chi connectivity index (χ0) is 14.5. The summed E-state index contributed by atoms with van der Waals surface area (Å²) in [6.45, 7) is 0.432. The van der Waals surface area contributed by atoms with E-state index in [0.717, 1.165) is 5.69 Å². The molecule has 20 heavy (non-hydrogen) atoms. The van der Waals surface area contributed by atoms with E-state index >= 15 is 0 Å². The lowest BCUT2D eigenvalue weighted by molar-refractivity contribution is 0.355. The van der Waals surface area contributed by atoms with Gasteiger partial charge in [-0.25, -0.2) is 0 Å². The highest BCUT2D eigenvalue weighted by molar-refractivity contribution is 5.55. The lowest BCUT2D eigenvalue weighted by Gasteiger charge is -2.12. The summed E-state index contributed by atoms with van der Waals surface area (Å²) in [5.74, 6) is 1.38. The monoisotopic (exact) mass is 275 g/mol. The quantitative estimate of drug-likeness (QED) is 0.782. The first-order chi connectivity index (χ1) is 9.63. The summed E-state index contributed by atoms with van der Waals surface area (Å²) < 4.78 is 10.4. The molecule has 0 aliphatic carbocycles. The molecule has 5 nitrogen and oxygen atoms in total. The van der Waals surface area contributed by atoms with Crippen LogP contribution in [0.2, 0.25) is 0 Å². The van der Waals surface area contributed by atoms with E-state index in [0.29, 0.717) is 23.6 Å². The van der Waals surface area contributed by atoms with Gasteiger partial charge >= 0.3 is 0 Å². The smallest absolute Gasteiger partial charge is 0.162 e. The Morgan fingerprint density at radius 1 is 0.950 bits per heavy atom. The maximum absolute atomic E-state index is 9.71. The van der Waals surface area contributed by atoms with Crippen LogP contribution in [0, 0.1) is 0 Å². The van der Waals surface area contributed by atoms with Gasteiger partial charge in [-0.15, -0.1) is 0 Å². The highest BCUT2D eigenvalue weighted by Crippen LogP contribution is 2.30. The molecular weight excluding hydrogens is 258 g/mol. The minimum Gasteiger partial charge on any atom is -0.508 e. The van der Waals surface area contributed by atoms with Gasteiger partial charge in [0.1, 0.15) is 11.5 Å². The average molecular weight is 275 g/mol. The molecule has 3 N–H and O–H groups in total.